The molecule has 0 aliphatic heterocycles. The molecular weight excluding hydrogens is 313 g/mol. The summed E-state index contributed by atoms with van der Waals surface area (Å²) in [6, 6.07) is 10.2. The van der Waals surface area contributed by atoms with Gasteiger partial charge in [-0.3, -0.25) is 0 Å². The highest BCUT2D eigenvalue weighted by Gasteiger charge is 2.07. The molecule has 2 aromatic rings. The lowest BCUT2D eigenvalue weighted by Crippen LogP contribution is -2.00. The minimum absolute atomic E-state index is 0.294. The SMILES string of the molecule is COc1cccc(COc2cc(F)c(Br)cc2N)c1. The number of methoxy groups -OCH3 is 1. The Labute approximate surface area is 119 Å². The minimum Gasteiger partial charge on any atom is -0.497 e. The number of hydrogen-bond donors (Lipinski definition) is 1. The van der Waals surface area contributed by atoms with Crippen molar-refractivity contribution in [2.75, 3.05) is 12.8 Å². The van der Waals surface area contributed by atoms with Crippen LogP contribution in [0.25, 0.3) is 0 Å². The van der Waals surface area contributed by atoms with Gasteiger partial charge in [0.2, 0.25) is 0 Å². The van der Waals surface area contributed by atoms with Gasteiger partial charge in [-0.15, -0.1) is 0 Å². The average molecular weight is 326 g/mol. The van der Waals surface area contributed by atoms with E-state index >= 15 is 0 Å². The molecule has 5 heteroatoms. The lowest BCUT2D eigenvalue weighted by Gasteiger charge is -2.10. The van der Waals surface area contributed by atoms with Gasteiger partial charge in [0.25, 0.3) is 0 Å². The van der Waals surface area contributed by atoms with Crippen LogP contribution in [0.4, 0.5) is 10.1 Å². The van der Waals surface area contributed by atoms with Crippen molar-refractivity contribution < 1.29 is 13.9 Å². The second-order valence-electron chi connectivity index (χ2n) is 3.94. The number of nitrogens with two attached hydrogens (primary N) is 1. The molecular formula is C14H13BrFNO2. The molecule has 2 N–H and O–H groups in total. The molecule has 0 atom stereocenters. The molecule has 0 heterocycles. The van der Waals surface area contributed by atoms with Gasteiger partial charge in [-0.2, -0.15) is 0 Å². The number of rotatable bonds is 4. The number of anilines is 1. The Hall–Kier alpha value is -1.75. The van der Waals surface area contributed by atoms with Crippen molar-refractivity contribution in [1.29, 1.82) is 0 Å². The molecule has 0 aliphatic rings. The van der Waals surface area contributed by atoms with E-state index in [2.05, 4.69) is 15.9 Å². The standard InChI is InChI=1S/C14H13BrFNO2/c1-18-10-4-2-3-9(5-10)8-19-14-7-12(16)11(15)6-13(14)17/h2-7H,8,17H2,1H3. The van der Waals surface area contributed by atoms with Gasteiger partial charge in [0.15, 0.2) is 0 Å². The second-order valence-corrected chi connectivity index (χ2v) is 4.80. The molecule has 0 unspecified atom stereocenters. The molecule has 2 aromatic carbocycles. The maximum Gasteiger partial charge on any atom is 0.145 e. The van der Waals surface area contributed by atoms with Crippen LogP contribution in [-0.4, -0.2) is 7.11 Å². The summed E-state index contributed by atoms with van der Waals surface area (Å²) in [5.74, 6) is 0.662. The normalized spacial score (nSPS) is 10.3. The molecule has 0 saturated carbocycles. The fourth-order valence-corrected chi connectivity index (χ4v) is 1.95. The molecule has 100 valence electrons. The Balaban J connectivity index is 2.12. The molecule has 0 aliphatic carbocycles. The Morgan fingerprint density at radius 2 is 2.05 bits per heavy atom. The van der Waals surface area contributed by atoms with Gasteiger partial charge in [-0.25, -0.2) is 4.39 Å². The Morgan fingerprint density at radius 1 is 1.26 bits per heavy atom. The number of benzene rings is 2. The fraction of sp³-hybridized carbons (Fsp3) is 0.143. The van der Waals surface area contributed by atoms with Gasteiger partial charge in [-0.1, -0.05) is 12.1 Å². The van der Waals surface area contributed by atoms with Crippen LogP contribution < -0.4 is 15.2 Å². The molecule has 0 amide bonds. The van der Waals surface area contributed by atoms with Crippen molar-refractivity contribution in [3.8, 4) is 11.5 Å². The van der Waals surface area contributed by atoms with Crippen molar-refractivity contribution in [1.82, 2.24) is 0 Å². The highest BCUT2D eigenvalue weighted by molar-refractivity contribution is 9.10. The Morgan fingerprint density at radius 3 is 2.79 bits per heavy atom. The first-order valence-electron chi connectivity index (χ1n) is 5.60. The quantitative estimate of drug-likeness (QED) is 0.870. The third-order valence-electron chi connectivity index (χ3n) is 2.58. The summed E-state index contributed by atoms with van der Waals surface area (Å²) in [5.41, 5.74) is 7.07. The predicted molar refractivity (Wildman–Crippen MR) is 75.8 cm³/mol. The van der Waals surface area contributed by atoms with E-state index in [1.54, 1.807) is 7.11 Å². The lowest BCUT2D eigenvalue weighted by atomic mass is 10.2. The summed E-state index contributed by atoms with van der Waals surface area (Å²) in [7, 11) is 1.60. The first kappa shape index (κ1) is 13.7. The van der Waals surface area contributed by atoms with Crippen molar-refractivity contribution in [3.63, 3.8) is 0 Å². The lowest BCUT2D eigenvalue weighted by molar-refractivity contribution is 0.305. The second kappa shape index (κ2) is 5.93. The van der Waals surface area contributed by atoms with Gasteiger partial charge in [0.1, 0.15) is 23.9 Å². The van der Waals surface area contributed by atoms with Crippen LogP contribution in [0.15, 0.2) is 40.9 Å². The van der Waals surface area contributed by atoms with Crippen LogP contribution in [0.1, 0.15) is 5.56 Å². The molecule has 3 nitrogen and oxygen atoms in total. The van der Waals surface area contributed by atoms with Gasteiger partial charge in [0.05, 0.1) is 17.3 Å². The summed E-state index contributed by atoms with van der Waals surface area (Å²) >= 11 is 3.07. The first-order chi connectivity index (χ1) is 9.10. The van der Waals surface area contributed by atoms with Gasteiger partial charge < -0.3 is 15.2 Å². The van der Waals surface area contributed by atoms with Crippen LogP contribution in [-0.2, 0) is 6.61 Å². The molecule has 0 bridgehead atoms. The Bertz CT molecular complexity index is 590. The van der Waals surface area contributed by atoms with Gasteiger partial charge in [-0.05, 0) is 39.7 Å². The van der Waals surface area contributed by atoms with Crippen LogP contribution in [0.5, 0.6) is 11.5 Å². The number of hydrogen-bond acceptors (Lipinski definition) is 3. The van der Waals surface area contributed by atoms with E-state index in [0.29, 0.717) is 22.5 Å². The largest absolute Gasteiger partial charge is 0.497 e. The van der Waals surface area contributed by atoms with Crippen molar-refractivity contribution in [2.24, 2.45) is 0 Å². The van der Waals surface area contributed by atoms with Gasteiger partial charge in [0, 0.05) is 6.07 Å². The zero-order valence-corrected chi connectivity index (χ0v) is 11.9. The van der Waals surface area contributed by atoms with E-state index in [0.717, 1.165) is 11.3 Å². The van der Waals surface area contributed by atoms with E-state index in [-0.39, 0.29) is 0 Å². The highest BCUT2D eigenvalue weighted by atomic mass is 79.9. The molecule has 19 heavy (non-hydrogen) atoms. The predicted octanol–water partition coefficient (Wildman–Crippen LogP) is 3.76. The van der Waals surface area contributed by atoms with E-state index < -0.39 is 5.82 Å². The average Bonchev–Trinajstić information content (AvgIpc) is 2.41. The van der Waals surface area contributed by atoms with E-state index in [1.807, 2.05) is 24.3 Å². The summed E-state index contributed by atoms with van der Waals surface area (Å²) in [6.07, 6.45) is 0. The van der Waals surface area contributed by atoms with Crippen molar-refractivity contribution in [2.45, 2.75) is 6.61 Å². The molecule has 0 radical (unpaired) electrons. The summed E-state index contributed by atoms with van der Waals surface area (Å²) in [6.45, 7) is 0.294. The summed E-state index contributed by atoms with van der Waals surface area (Å²) in [5, 5.41) is 0. The summed E-state index contributed by atoms with van der Waals surface area (Å²) in [4.78, 5) is 0. The smallest absolute Gasteiger partial charge is 0.145 e. The third-order valence-corrected chi connectivity index (χ3v) is 3.19. The van der Waals surface area contributed by atoms with E-state index in [9.17, 15) is 4.39 Å². The van der Waals surface area contributed by atoms with Crippen molar-refractivity contribution in [3.05, 3.63) is 52.3 Å². The fourth-order valence-electron chi connectivity index (χ4n) is 1.59. The molecule has 2 rings (SSSR count). The van der Waals surface area contributed by atoms with E-state index in [4.69, 9.17) is 15.2 Å². The third kappa shape index (κ3) is 3.38. The molecule has 0 aromatic heterocycles. The van der Waals surface area contributed by atoms with Gasteiger partial charge >= 0.3 is 0 Å². The number of ether oxygens (including phenoxy) is 2. The monoisotopic (exact) mass is 325 g/mol. The van der Waals surface area contributed by atoms with Crippen molar-refractivity contribution >= 4 is 21.6 Å². The maximum absolute atomic E-state index is 13.4. The Kier molecular flexibility index (Phi) is 4.27. The topological polar surface area (TPSA) is 44.5 Å². The van der Waals surface area contributed by atoms with Crippen LogP contribution in [0, 0.1) is 5.82 Å². The number of halogens is 2. The molecule has 0 spiro atoms. The van der Waals surface area contributed by atoms with Crippen LogP contribution in [0.3, 0.4) is 0 Å². The maximum atomic E-state index is 13.4. The number of nitrogen functional groups attached to an aromatic ring is 1. The minimum atomic E-state index is -0.408. The zero-order chi connectivity index (χ0) is 13.8. The molecule has 0 fully saturated rings. The van der Waals surface area contributed by atoms with E-state index in [1.165, 1.54) is 12.1 Å². The first-order valence-corrected chi connectivity index (χ1v) is 6.39. The van der Waals surface area contributed by atoms with Crippen LogP contribution in [0.2, 0.25) is 0 Å². The van der Waals surface area contributed by atoms with Crippen LogP contribution >= 0.6 is 15.9 Å². The summed E-state index contributed by atoms with van der Waals surface area (Å²) < 4.78 is 24.4. The molecule has 0 saturated heterocycles. The zero-order valence-electron chi connectivity index (χ0n) is 10.3. The highest BCUT2D eigenvalue weighted by Crippen LogP contribution is 2.29.